The molecule has 8 aromatic carbocycles. The van der Waals surface area contributed by atoms with Crippen molar-refractivity contribution in [3.63, 3.8) is 0 Å². The molecule has 0 spiro atoms. The highest BCUT2D eigenvalue weighted by Crippen LogP contribution is 2.46. The van der Waals surface area contributed by atoms with E-state index in [-0.39, 0.29) is 0 Å². The Morgan fingerprint density at radius 1 is 0.519 bits per heavy atom. The predicted molar refractivity (Wildman–Crippen MR) is 234 cm³/mol. The maximum atomic E-state index is 6.58. The third kappa shape index (κ3) is 5.65. The number of unbranched alkanes of at least 4 members (excludes halogenated alkanes) is 1. The van der Waals surface area contributed by atoms with Gasteiger partial charge in [-0.3, -0.25) is 0 Å². The quantitative estimate of drug-likeness (QED) is 0.109. The van der Waals surface area contributed by atoms with E-state index in [0.29, 0.717) is 0 Å². The first kappa shape index (κ1) is 32.2. The van der Waals surface area contributed by atoms with Gasteiger partial charge in [-0.2, -0.15) is 0 Å². The number of fused-ring (bicyclic) bond motifs is 10. The molecule has 0 saturated heterocycles. The number of rotatable bonds is 9. The molecule has 10 aromatic rings. The minimum atomic E-state index is 0.888. The van der Waals surface area contributed by atoms with Gasteiger partial charge in [0.2, 0.25) is 0 Å². The third-order valence-electron chi connectivity index (χ3n) is 10.6. The van der Waals surface area contributed by atoms with Crippen molar-refractivity contribution in [2.45, 2.75) is 19.3 Å². The van der Waals surface area contributed by atoms with Crippen molar-refractivity contribution in [1.82, 2.24) is 0 Å². The molecule has 10 rings (SSSR count). The molecular weight excluding hydrogens is 675 g/mol. The summed E-state index contributed by atoms with van der Waals surface area (Å²) in [5.41, 5.74) is 8.98. The minimum absolute atomic E-state index is 0.888. The SMILES string of the molecule is C=CCC/C=C\Cc1cccc(N(c2ccc(-c3ccc4ccccc4c3)cc2)c2ccc3c(c2)sc2ccc4oc5c6ccccc6ccc5c4c23)c1. The first-order valence-electron chi connectivity index (χ1n) is 18.7. The van der Waals surface area contributed by atoms with Gasteiger partial charge in [0.25, 0.3) is 0 Å². The van der Waals surface area contributed by atoms with Crippen LogP contribution in [0.3, 0.4) is 0 Å². The summed E-state index contributed by atoms with van der Waals surface area (Å²) < 4.78 is 9.10. The van der Waals surface area contributed by atoms with Crippen LogP contribution in [-0.4, -0.2) is 0 Å². The zero-order chi connectivity index (χ0) is 36.0. The zero-order valence-electron chi connectivity index (χ0n) is 29.8. The van der Waals surface area contributed by atoms with Crippen LogP contribution in [0.4, 0.5) is 17.1 Å². The summed E-state index contributed by atoms with van der Waals surface area (Å²) in [7, 11) is 0. The second-order valence-electron chi connectivity index (χ2n) is 14.0. The summed E-state index contributed by atoms with van der Waals surface area (Å²) in [4.78, 5) is 2.40. The molecule has 2 aromatic heterocycles. The molecule has 54 heavy (non-hydrogen) atoms. The van der Waals surface area contributed by atoms with Crippen LogP contribution in [-0.2, 0) is 6.42 Å². The molecule has 0 fully saturated rings. The van der Waals surface area contributed by atoms with Gasteiger partial charge in [0, 0.05) is 53.4 Å². The van der Waals surface area contributed by atoms with Gasteiger partial charge in [-0.25, -0.2) is 0 Å². The number of benzene rings is 8. The molecule has 0 saturated carbocycles. The standard InChI is InChI=1S/C51H37NOS/c1-2-3-4-5-6-12-34-13-11-17-41(31-34)52(40-24-21-36(22-25-40)39-20-19-35-14-7-8-16-38(35)32-39)42-26-28-44-48(33-42)54-47-30-29-46-49(50(44)47)45-27-23-37-15-9-10-18-43(37)51(45)53-46/h2,5-11,13-33H,1,3-4,12H2/b6-5-. The summed E-state index contributed by atoms with van der Waals surface area (Å²) in [6.07, 6.45) is 9.42. The average Bonchev–Trinajstić information content (AvgIpc) is 3.79. The number of furan rings is 1. The molecule has 0 amide bonds. The first-order chi connectivity index (χ1) is 26.7. The Bertz CT molecular complexity index is 3050. The topological polar surface area (TPSA) is 16.4 Å². The predicted octanol–water partition coefficient (Wildman–Crippen LogP) is 15.5. The molecule has 3 heteroatoms. The van der Waals surface area contributed by atoms with Gasteiger partial charge in [0.05, 0.1) is 0 Å². The van der Waals surface area contributed by atoms with Gasteiger partial charge >= 0.3 is 0 Å². The van der Waals surface area contributed by atoms with E-state index in [9.17, 15) is 0 Å². The summed E-state index contributed by atoms with van der Waals surface area (Å²) >= 11 is 1.85. The number of thiophene rings is 1. The van der Waals surface area contributed by atoms with Crippen molar-refractivity contribution < 1.29 is 4.42 Å². The van der Waals surface area contributed by atoms with Gasteiger partial charge in [-0.15, -0.1) is 17.9 Å². The van der Waals surface area contributed by atoms with Gasteiger partial charge in [0.1, 0.15) is 11.2 Å². The lowest BCUT2D eigenvalue weighted by atomic mass is 10.0. The Balaban J connectivity index is 1.09. The van der Waals surface area contributed by atoms with Crippen molar-refractivity contribution in [2.24, 2.45) is 0 Å². The van der Waals surface area contributed by atoms with Crippen molar-refractivity contribution in [3.8, 4) is 11.1 Å². The van der Waals surface area contributed by atoms with E-state index in [1.165, 1.54) is 63.8 Å². The summed E-state index contributed by atoms with van der Waals surface area (Å²) in [5, 5.41) is 9.74. The van der Waals surface area contributed by atoms with Crippen LogP contribution < -0.4 is 4.90 Å². The van der Waals surface area contributed by atoms with E-state index in [4.69, 9.17) is 4.42 Å². The maximum absolute atomic E-state index is 6.58. The highest BCUT2D eigenvalue weighted by Gasteiger charge is 2.19. The molecule has 0 aliphatic carbocycles. The van der Waals surface area contributed by atoms with Crippen LogP contribution in [0.5, 0.6) is 0 Å². The van der Waals surface area contributed by atoms with Crippen LogP contribution in [0.2, 0.25) is 0 Å². The first-order valence-corrected chi connectivity index (χ1v) is 19.5. The fraction of sp³-hybridized carbons (Fsp3) is 0.0588. The number of hydrogen-bond acceptors (Lipinski definition) is 3. The molecular formula is C51H37NOS. The number of nitrogens with zero attached hydrogens (tertiary/aromatic N) is 1. The molecule has 0 atom stereocenters. The van der Waals surface area contributed by atoms with Crippen LogP contribution in [0.1, 0.15) is 18.4 Å². The van der Waals surface area contributed by atoms with E-state index >= 15 is 0 Å². The fourth-order valence-corrected chi connectivity index (χ4v) is 9.13. The molecule has 258 valence electrons. The van der Waals surface area contributed by atoms with Gasteiger partial charge < -0.3 is 9.32 Å². The van der Waals surface area contributed by atoms with Crippen LogP contribution in [0.15, 0.2) is 187 Å². The fourth-order valence-electron chi connectivity index (χ4n) is 7.98. The Kier molecular flexibility index (Phi) is 8.08. The van der Waals surface area contributed by atoms with E-state index in [1.54, 1.807) is 0 Å². The number of anilines is 3. The Morgan fingerprint density at radius 2 is 1.28 bits per heavy atom. The Hall–Kier alpha value is -6.42. The van der Waals surface area contributed by atoms with Crippen LogP contribution in [0, 0.1) is 0 Å². The minimum Gasteiger partial charge on any atom is -0.455 e. The Labute approximate surface area is 318 Å². The number of allylic oxidation sites excluding steroid dienone is 3. The average molecular weight is 712 g/mol. The van der Waals surface area contributed by atoms with Gasteiger partial charge in [0.15, 0.2) is 0 Å². The summed E-state index contributed by atoms with van der Waals surface area (Å²) in [6.45, 7) is 3.86. The third-order valence-corrected chi connectivity index (χ3v) is 11.8. The van der Waals surface area contributed by atoms with Gasteiger partial charge in [-0.1, -0.05) is 115 Å². The summed E-state index contributed by atoms with van der Waals surface area (Å²) in [5.74, 6) is 0. The highest BCUT2D eigenvalue weighted by molar-refractivity contribution is 7.26. The van der Waals surface area contributed by atoms with Crippen molar-refractivity contribution in [1.29, 1.82) is 0 Å². The lowest BCUT2D eigenvalue weighted by molar-refractivity contribution is 0.673. The van der Waals surface area contributed by atoms with E-state index < -0.39 is 0 Å². The normalized spacial score (nSPS) is 11.9. The summed E-state index contributed by atoms with van der Waals surface area (Å²) in [6, 6.07) is 57.5. The molecule has 0 N–H and O–H groups in total. The van der Waals surface area contributed by atoms with Crippen LogP contribution in [0.25, 0.3) is 74.8 Å². The molecule has 0 aliphatic rings. The maximum Gasteiger partial charge on any atom is 0.143 e. The van der Waals surface area contributed by atoms with Gasteiger partial charge in [-0.05, 0) is 113 Å². The van der Waals surface area contributed by atoms with E-state index in [0.717, 1.165) is 52.9 Å². The molecule has 2 heterocycles. The largest absolute Gasteiger partial charge is 0.455 e. The smallest absolute Gasteiger partial charge is 0.143 e. The second kappa shape index (κ2) is 13.5. The number of hydrogen-bond donors (Lipinski definition) is 0. The molecule has 0 unspecified atom stereocenters. The molecule has 0 radical (unpaired) electrons. The van der Waals surface area contributed by atoms with E-state index in [2.05, 4.69) is 181 Å². The monoisotopic (exact) mass is 711 g/mol. The molecule has 0 bridgehead atoms. The Morgan fingerprint density at radius 3 is 2.17 bits per heavy atom. The highest BCUT2D eigenvalue weighted by atomic mass is 32.1. The molecule has 2 nitrogen and oxygen atoms in total. The lowest BCUT2D eigenvalue weighted by Crippen LogP contribution is -2.10. The van der Waals surface area contributed by atoms with Crippen molar-refractivity contribution >= 4 is 92.1 Å². The van der Waals surface area contributed by atoms with Crippen molar-refractivity contribution in [3.05, 3.63) is 188 Å². The molecule has 0 aliphatic heterocycles. The second-order valence-corrected chi connectivity index (χ2v) is 15.1. The lowest BCUT2D eigenvalue weighted by Gasteiger charge is -2.26. The van der Waals surface area contributed by atoms with E-state index in [1.807, 2.05) is 17.4 Å². The zero-order valence-corrected chi connectivity index (χ0v) is 30.7. The van der Waals surface area contributed by atoms with Crippen LogP contribution >= 0.6 is 11.3 Å². The van der Waals surface area contributed by atoms with Crippen molar-refractivity contribution in [2.75, 3.05) is 4.90 Å².